The molecule has 0 aliphatic carbocycles. The molecular formula is C18H19NO6S3. The van der Waals surface area contributed by atoms with Gasteiger partial charge in [0.05, 0.1) is 17.9 Å². The maximum absolute atomic E-state index is 12.7. The van der Waals surface area contributed by atoms with E-state index in [1.165, 1.54) is 16.7 Å². The van der Waals surface area contributed by atoms with Crippen molar-refractivity contribution < 1.29 is 29.3 Å². The lowest BCUT2D eigenvalue weighted by Crippen LogP contribution is -2.44. The minimum absolute atomic E-state index is 0.0694. The van der Waals surface area contributed by atoms with E-state index in [-0.39, 0.29) is 17.3 Å². The zero-order valence-electron chi connectivity index (χ0n) is 15.0. The van der Waals surface area contributed by atoms with Crippen LogP contribution in [0.15, 0.2) is 29.2 Å². The molecule has 10 heteroatoms. The van der Waals surface area contributed by atoms with E-state index in [0.717, 1.165) is 17.3 Å². The van der Waals surface area contributed by atoms with Crippen LogP contribution in [0.2, 0.25) is 0 Å². The van der Waals surface area contributed by atoms with Gasteiger partial charge < -0.3 is 14.9 Å². The standard InChI is InChI=1S/C18H19NO6S3/c1-27-9-7-13(17(23)24)19-16(22)14(28-18(19)26)10-11-2-4-12(5-3-11)25-8-6-15(20)21/h2-5,10,13H,6-9H2,1H3,(H,20,21)(H,23,24)/b14-10-. The molecule has 2 N–H and O–H groups in total. The monoisotopic (exact) mass is 441 g/mol. The Bertz CT molecular complexity index is 793. The highest BCUT2D eigenvalue weighted by molar-refractivity contribution is 8.26. The lowest BCUT2D eigenvalue weighted by Gasteiger charge is -2.22. The maximum Gasteiger partial charge on any atom is 0.326 e. The molecular weight excluding hydrogens is 422 g/mol. The third-order valence-corrected chi connectivity index (χ3v) is 5.75. The predicted octanol–water partition coefficient (Wildman–Crippen LogP) is 2.95. The van der Waals surface area contributed by atoms with E-state index in [2.05, 4.69) is 0 Å². The largest absolute Gasteiger partial charge is 0.493 e. The van der Waals surface area contributed by atoms with Gasteiger partial charge in [-0.05, 0) is 42.2 Å². The van der Waals surface area contributed by atoms with Crippen LogP contribution in [0.5, 0.6) is 5.75 Å². The zero-order chi connectivity index (χ0) is 20.7. The Kier molecular flexibility index (Phi) is 8.34. The second-order valence-corrected chi connectivity index (χ2v) is 8.41. The number of rotatable bonds is 10. The van der Waals surface area contributed by atoms with Crippen LogP contribution < -0.4 is 4.74 Å². The molecule has 0 bridgehead atoms. The van der Waals surface area contributed by atoms with Crippen LogP contribution >= 0.6 is 35.7 Å². The second-order valence-electron chi connectivity index (χ2n) is 5.75. The Morgan fingerprint density at radius 3 is 2.57 bits per heavy atom. The van der Waals surface area contributed by atoms with Crippen molar-refractivity contribution in [3.8, 4) is 5.75 Å². The van der Waals surface area contributed by atoms with Crippen molar-refractivity contribution in [3.05, 3.63) is 34.7 Å². The van der Waals surface area contributed by atoms with Crippen LogP contribution in [-0.4, -0.2) is 61.9 Å². The van der Waals surface area contributed by atoms with Crippen molar-refractivity contribution >= 4 is 64.0 Å². The van der Waals surface area contributed by atoms with E-state index in [4.69, 9.17) is 22.1 Å². The summed E-state index contributed by atoms with van der Waals surface area (Å²) < 4.78 is 5.56. The van der Waals surface area contributed by atoms with Crippen molar-refractivity contribution in [1.29, 1.82) is 0 Å². The highest BCUT2D eigenvalue weighted by Gasteiger charge is 2.40. The first-order chi connectivity index (χ1) is 13.3. The minimum atomic E-state index is -1.07. The molecule has 0 spiro atoms. The number of hydrogen-bond acceptors (Lipinski definition) is 7. The molecule has 0 aromatic heterocycles. The molecule has 2 rings (SSSR count). The number of carbonyl (C=O) groups is 3. The number of carboxylic acids is 2. The van der Waals surface area contributed by atoms with Crippen molar-refractivity contribution in [1.82, 2.24) is 4.90 Å². The highest BCUT2D eigenvalue weighted by Crippen LogP contribution is 2.35. The van der Waals surface area contributed by atoms with E-state index in [9.17, 15) is 19.5 Å². The third-order valence-electron chi connectivity index (χ3n) is 3.78. The van der Waals surface area contributed by atoms with Gasteiger partial charge in [-0.15, -0.1) is 0 Å². The van der Waals surface area contributed by atoms with Crippen LogP contribution in [0.4, 0.5) is 0 Å². The zero-order valence-corrected chi connectivity index (χ0v) is 17.4. The molecule has 1 heterocycles. The molecule has 1 fully saturated rings. The quantitative estimate of drug-likeness (QED) is 0.419. The van der Waals surface area contributed by atoms with Crippen molar-refractivity contribution in [2.24, 2.45) is 0 Å². The number of aliphatic carboxylic acids is 2. The molecule has 1 aliphatic heterocycles. The molecule has 1 unspecified atom stereocenters. The summed E-state index contributed by atoms with van der Waals surface area (Å²) in [7, 11) is 0. The van der Waals surface area contributed by atoms with Crippen LogP contribution in [0.3, 0.4) is 0 Å². The Balaban J connectivity index is 2.10. The fraction of sp³-hybridized carbons (Fsp3) is 0.333. The number of thiocarbonyl (C=S) groups is 1. The number of amides is 1. The topological polar surface area (TPSA) is 104 Å². The molecule has 150 valence electrons. The maximum atomic E-state index is 12.7. The lowest BCUT2D eigenvalue weighted by atomic mass is 10.1. The molecule has 0 radical (unpaired) electrons. The normalized spacial score (nSPS) is 16.5. The minimum Gasteiger partial charge on any atom is -0.493 e. The summed E-state index contributed by atoms with van der Waals surface area (Å²) in [6.07, 6.45) is 3.75. The Morgan fingerprint density at radius 1 is 1.32 bits per heavy atom. The number of nitrogens with zero attached hydrogens (tertiary/aromatic N) is 1. The molecule has 1 amide bonds. The van der Waals surface area contributed by atoms with Crippen LogP contribution in [0.25, 0.3) is 6.08 Å². The van der Waals surface area contributed by atoms with Crippen molar-refractivity contribution in [2.75, 3.05) is 18.6 Å². The third kappa shape index (κ3) is 5.98. The number of benzene rings is 1. The molecule has 7 nitrogen and oxygen atoms in total. The average molecular weight is 442 g/mol. The fourth-order valence-corrected chi connectivity index (χ4v) is 4.22. The van der Waals surface area contributed by atoms with E-state index >= 15 is 0 Å². The number of hydrogen-bond donors (Lipinski definition) is 2. The molecule has 0 saturated carbocycles. The first kappa shape index (κ1) is 22.3. The molecule has 1 atom stereocenters. The Morgan fingerprint density at radius 2 is 2.00 bits per heavy atom. The molecule has 1 aliphatic rings. The molecule has 1 aromatic rings. The van der Waals surface area contributed by atoms with Gasteiger partial charge in [-0.1, -0.05) is 36.1 Å². The van der Waals surface area contributed by atoms with E-state index < -0.39 is 23.9 Å². The smallest absolute Gasteiger partial charge is 0.326 e. The summed E-state index contributed by atoms with van der Waals surface area (Å²) in [6, 6.07) is 5.83. The summed E-state index contributed by atoms with van der Waals surface area (Å²) in [5.41, 5.74) is 0.724. The van der Waals surface area contributed by atoms with Gasteiger partial charge in [0.1, 0.15) is 16.1 Å². The van der Waals surface area contributed by atoms with E-state index in [0.29, 0.717) is 22.8 Å². The fourth-order valence-electron chi connectivity index (χ4n) is 2.41. The molecule has 1 aromatic carbocycles. The summed E-state index contributed by atoms with van der Waals surface area (Å²) in [6.45, 7) is 0.0694. The number of carbonyl (C=O) groups excluding carboxylic acids is 1. The van der Waals surface area contributed by atoms with Gasteiger partial charge >= 0.3 is 11.9 Å². The number of ether oxygens (including phenoxy) is 1. The van der Waals surface area contributed by atoms with Gasteiger partial charge in [-0.2, -0.15) is 11.8 Å². The highest BCUT2D eigenvalue weighted by atomic mass is 32.2. The SMILES string of the molecule is CSCCC(C(=O)O)N1C(=O)/C(=C/c2ccc(OCCC(=O)O)cc2)SC1=S. The summed E-state index contributed by atoms with van der Waals surface area (Å²) >= 11 is 7.82. The van der Waals surface area contributed by atoms with E-state index in [1.807, 2.05) is 6.26 Å². The van der Waals surface area contributed by atoms with E-state index in [1.54, 1.807) is 30.3 Å². The van der Waals surface area contributed by atoms with Gasteiger partial charge in [0.2, 0.25) is 0 Å². The number of carboxylic acid groups (broad SMARTS) is 2. The van der Waals surface area contributed by atoms with Crippen molar-refractivity contribution in [3.63, 3.8) is 0 Å². The van der Waals surface area contributed by atoms with Crippen molar-refractivity contribution in [2.45, 2.75) is 18.9 Å². The number of thioether (sulfide) groups is 2. The summed E-state index contributed by atoms with van der Waals surface area (Å²) in [5.74, 6) is -1.29. The first-order valence-electron chi connectivity index (χ1n) is 8.27. The predicted molar refractivity (Wildman–Crippen MR) is 114 cm³/mol. The van der Waals surface area contributed by atoms with Crippen LogP contribution in [0.1, 0.15) is 18.4 Å². The Labute approximate surface area is 176 Å². The first-order valence-corrected chi connectivity index (χ1v) is 10.9. The second kappa shape index (κ2) is 10.5. The van der Waals surface area contributed by atoms with Crippen LogP contribution in [-0.2, 0) is 14.4 Å². The van der Waals surface area contributed by atoms with Gasteiger partial charge in [0, 0.05) is 0 Å². The molecule has 1 saturated heterocycles. The lowest BCUT2D eigenvalue weighted by molar-refractivity contribution is -0.145. The summed E-state index contributed by atoms with van der Waals surface area (Å²) in [4.78, 5) is 36.3. The van der Waals surface area contributed by atoms with Gasteiger partial charge in [0.15, 0.2) is 0 Å². The summed E-state index contributed by atoms with van der Waals surface area (Å²) in [5, 5.41) is 18.1. The molecule has 28 heavy (non-hydrogen) atoms. The van der Waals surface area contributed by atoms with Gasteiger partial charge in [-0.25, -0.2) is 4.79 Å². The van der Waals surface area contributed by atoms with Crippen LogP contribution in [0, 0.1) is 0 Å². The Hall–Kier alpha value is -2.04. The average Bonchev–Trinajstić information content (AvgIpc) is 2.90. The van der Waals surface area contributed by atoms with Gasteiger partial charge in [-0.3, -0.25) is 14.5 Å². The van der Waals surface area contributed by atoms with Gasteiger partial charge in [0.25, 0.3) is 5.91 Å².